The first-order chi connectivity index (χ1) is 13.5. The molecule has 2 heterocycles. The van der Waals surface area contributed by atoms with Crippen molar-refractivity contribution in [3.63, 3.8) is 0 Å². The van der Waals surface area contributed by atoms with Gasteiger partial charge < -0.3 is 14.8 Å². The van der Waals surface area contributed by atoms with Crippen LogP contribution in [-0.2, 0) is 6.54 Å². The van der Waals surface area contributed by atoms with Crippen LogP contribution >= 0.6 is 0 Å². The third-order valence-electron chi connectivity index (χ3n) is 5.90. The van der Waals surface area contributed by atoms with Crippen molar-refractivity contribution < 1.29 is 4.79 Å². The van der Waals surface area contributed by atoms with Crippen LogP contribution in [0.25, 0.3) is 11.0 Å². The molecule has 0 unspecified atom stereocenters. The van der Waals surface area contributed by atoms with Gasteiger partial charge in [0, 0.05) is 25.3 Å². The minimum atomic E-state index is 0.00137. The molecule has 1 fully saturated rings. The number of urea groups is 1. The van der Waals surface area contributed by atoms with Gasteiger partial charge in [-0.25, -0.2) is 9.78 Å². The van der Waals surface area contributed by atoms with E-state index in [2.05, 4.69) is 40.8 Å². The number of aromatic nitrogens is 2. The molecule has 0 bridgehead atoms. The Morgan fingerprint density at radius 1 is 1.07 bits per heavy atom. The maximum absolute atomic E-state index is 12.5. The number of likely N-dealkylation sites (tertiary alicyclic amines) is 1. The summed E-state index contributed by atoms with van der Waals surface area (Å²) >= 11 is 0. The second kappa shape index (κ2) is 7.66. The third kappa shape index (κ3) is 3.88. The highest BCUT2D eigenvalue weighted by molar-refractivity contribution is 5.89. The lowest BCUT2D eigenvalue weighted by Crippen LogP contribution is -2.41. The molecule has 1 aliphatic rings. The van der Waals surface area contributed by atoms with Crippen molar-refractivity contribution in [2.24, 2.45) is 5.92 Å². The molecule has 1 aliphatic heterocycles. The van der Waals surface area contributed by atoms with Crippen molar-refractivity contribution in [1.29, 1.82) is 0 Å². The summed E-state index contributed by atoms with van der Waals surface area (Å²) in [6.07, 6.45) is 4.00. The number of amides is 2. The standard InChI is InChI=1S/C23H28N4O/c1-16-4-6-20(7-5-16)25-23(28)26-10-8-19(9-11-26)14-27-15-24-21-12-17(2)18(3)13-22(21)27/h4-7,12-13,15,19H,8-11,14H2,1-3H3,(H,25,28). The van der Waals surface area contributed by atoms with Gasteiger partial charge in [0.15, 0.2) is 0 Å². The predicted octanol–water partition coefficient (Wildman–Crippen LogP) is 4.91. The zero-order chi connectivity index (χ0) is 19.7. The molecule has 2 aromatic carbocycles. The summed E-state index contributed by atoms with van der Waals surface area (Å²) in [6.45, 7) is 8.89. The first-order valence-corrected chi connectivity index (χ1v) is 10.0. The average molecular weight is 377 g/mol. The molecule has 0 atom stereocenters. The van der Waals surface area contributed by atoms with Crippen LogP contribution in [0, 0.1) is 26.7 Å². The number of carbonyl (C=O) groups excluding carboxylic acids is 1. The van der Waals surface area contributed by atoms with E-state index in [1.807, 2.05) is 42.4 Å². The van der Waals surface area contributed by atoms with Crippen LogP contribution in [0.4, 0.5) is 10.5 Å². The van der Waals surface area contributed by atoms with Gasteiger partial charge in [0.1, 0.15) is 0 Å². The lowest BCUT2D eigenvalue weighted by Gasteiger charge is -2.32. The number of hydrogen-bond donors (Lipinski definition) is 1. The van der Waals surface area contributed by atoms with Crippen LogP contribution < -0.4 is 5.32 Å². The van der Waals surface area contributed by atoms with Gasteiger partial charge in [-0.15, -0.1) is 0 Å². The molecular formula is C23H28N4O. The van der Waals surface area contributed by atoms with Crippen LogP contribution in [0.15, 0.2) is 42.7 Å². The number of fused-ring (bicyclic) bond motifs is 1. The second-order valence-corrected chi connectivity index (χ2v) is 8.05. The minimum absolute atomic E-state index is 0.00137. The van der Waals surface area contributed by atoms with E-state index in [0.717, 1.165) is 43.7 Å². The molecule has 28 heavy (non-hydrogen) atoms. The molecule has 146 valence electrons. The largest absolute Gasteiger partial charge is 0.330 e. The van der Waals surface area contributed by atoms with Crippen molar-refractivity contribution in [1.82, 2.24) is 14.5 Å². The number of benzene rings is 2. The molecule has 0 aliphatic carbocycles. The van der Waals surface area contributed by atoms with Crippen molar-refractivity contribution in [2.75, 3.05) is 18.4 Å². The monoisotopic (exact) mass is 376 g/mol. The van der Waals surface area contributed by atoms with E-state index in [1.165, 1.54) is 22.2 Å². The molecule has 5 heteroatoms. The molecule has 1 saturated heterocycles. The number of anilines is 1. The maximum atomic E-state index is 12.5. The fourth-order valence-electron chi connectivity index (χ4n) is 3.89. The van der Waals surface area contributed by atoms with Gasteiger partial charge in [0.05, 0.1) is 17.4 Å². The highest BCUT2D eigenvalue weighted by Gasteiger charge is 2.23. The third-order valence-corrected chi connectivity index (χ3v) is 5.90. The van der Waals surface area contributed by atoms with Gasteiger partial charge in [-0.1, -0.05) is 17.7 Å². The fourth-order valence-corrected chi connectivity index (χ4v) is 3.89. The summed E-state index contributed by atoms with van der Waals surface area (Å²) in [7, 11) is 0. The van der Waals surface area contributed by atoms with Gasteiger partial charge in [0.2, 0.25) is 0 Å². The summed E-state index contributed by atoms with van der Waals surface area (Å²) in [5.74, 6) is 0.572. The highest BCUT2D eigenvalue weighted by atomic mass is 16.2. The normalized spacial score (nSPS) is 15.2. The molecule has 1 N–H and O–H groups in total. The molecule has 2 amide bonds. The van der Waals surface area contributed by atoms with Crippen molar-refractivity contribution in [2.45, 2.75) is 40.2 Å². The molecule has 3 aromatic rings. The number of nitrogens with one attached hydrogen (secondary N) is 1. The molecular weight excluding hydrogens is 348 g/mol. The average Bonchev–Trinajstić information content (AvgIpc) is 3.06. The Hall–Kier alpha value is -2.82. The molecule has 0 spiro atoms. The Morgan fingerprint density at radius 2 is 1.75 bits per heavy atom. The fraction of sp³-hybridized carbons (Fsp3) is 0.391. The van der Waals surface area contributed by atoms with Crippen molar-refractivity contribution >= 4 is 22.8 Å². The summed E-state index contributed by atoms with van der Waals surface area (Å²) < 4.78 is 2.27. The van der Waals surface area contributed by atoms with Crippen LogP contribution in [0.1, 0.15) is 29.5 Å². The minimum Gasteiger partial charge on any atom is -0.330 e. The Labute approximate surface area is 166 Å². The van der Waals surface area contributed by atoms with E-state index >= 15 is 0 Å². The smallest absolute Gasteiger partial charge is 0.321 e. The number of hydrogen-bond acceptors (Lipinski definition) is 2. The Balaban J connectivity index is 1.35. The number of rotatable bonds is 3. The van der Waals surface area contributed by atoms with E-state index in [-0.39, 0.29) is 6.03 Å². The van der Waals surface area contributed by atoms with Gasteiger partial charge >= 0.3 is 6.03 Å². The number of aryl methyl sites for hydroxylation is 3. The first-order valence-electron chi connectivity index (χ1n) is 10.0. The Morgan fingerprint density at radius 3 is 2.46 bits per heavy atom. The van der Waals surface area contributed by atoms with Gasteiger partial charge in [0.25, 0.3) is 0 Å². The van der Waals surface area contributed by atoms with Crippen LogP contribution in [0.3, 0.4) is 0 Å². The summed E-state index contributed by atoms with van der Waals surface area (Å²) in [5.41, 5.74) is 6.91. The number of imidazole rings is 1. The van der Waals surface area contributed by atoms with Crippen molar-refractivity contribution in [3.8, 4) is 0 Å². The maximum Gasteiger partial charge on any atom is 0.321 e. The zero-order valence-corrected chi connectivity index (χ0v) is 16.9. The molecule has 1 aromatic heterocycles. The van der Waals surface area contributed by atoms with Crippen molar-refractivity contribution in [3.05, 3.63) is 59.4 Å². The topological polar surface area (TPSA) is 50.2 Å². The van der Waals surface area contributed by atoms with E-state index in [1.54, 1.807) is 0 Å². The highest BCUT2D eigenvalue weighted by Crippen LogP contribution is 2.24. The molecule has 0 saturated carbocycles. The molecule has 0 radical (unpaired) electrons. The Bertz CT molecular complexity index is 982. The second-order valence-electron chi connectivity index (χ2n) is 8.05. The lowest BCUT2D eigenvalue weighted by molar-refractivity contribution is 0.177. The number of nitrogens with zero attached hydrogens (tertiary/aromatic N) is 3. The van der Waals surface area contributed by atoms with E-state index in [4.69, 9.17) is 0 Å². The SMILES string of the molecule is Cc1ccc(NC(=O)N2CCC(Cn3cnc4cc(C)c(C)cc43)CC2)cc1. The first kappa shape index (κ1) is 18.5. The lowest BCUT2D eigenvalue weighted by atomic mass is 9.97. The van der Waals surface area contributed by atoms with E-state index in [0.29, 0.717) is 5.92 Å². The summed E-state index contributed by atoms with van der Waals surface area (Å²) in [5, 5.41) is 3.01. The van der Waals surface area contributed by atoms with Gasteiger partial charge in [-0.05, 0) is 74.9 Å². The Kier molecular flexibility index (Phi) is 5.07. The number of piperidine rings is 1. The summed E-state index contributed by atoms with van der Waals surface area (Å²) in [4.78, 5) is 19.0. The van der Waals surface area contributed by atoms with Crippen LogP contribution in [0.5, 0.6) is 0 Å². The zero-order valence-electron chi connectivity index (χ0n) is 16.9. The molecule has 5 nitrogen and oxygen atoms in total. The predicted molar refractivity (Wildman–Crippen MR) is 114 cm³/mol. The van der Waals surface area contributed by atoms with Crippen LogP contribution in [0.2, 0.25) is 0 Å². The number of carbonyl (C=O) groups is 1. The van der Waals surface area contributed by atoms with Gasteiger partial charge in [-0.2, -0.15) is 0 Å². The van der Waals surface area contributed by atoms with Crippen LogP contribution in [-0.4, -0.2) is 33.6 Å². The van der Waals surface area contributed by atoms with E-state index in [9.17, 15) is 4.79 Å². The quantitative estimate of drug-likeness (QED) is 0.706. The summed E-state index contributed by atoms with van der Waals surface area (Å²) in [6, 6.07) is 12.3. The molecule has 4 rings (SSSR count). The van der Waals surface area contributed by atoms with Gasteiger partial charge in [-0.3, -0.25) is 0 Å². The van der Waals surface area contributed by atoms with E-state index < -0.39 is 0 Å².